The first kappa shape index (κ1) is 24.4. The Morgan fingerprint density at radius 2 is 1.60 bits per heavy atom. The quantitative estimate of drug-likeness (QED) is 0.319. The van der Waals surface area contributed by atoms with E-state index in [9.17, 15) is 8.42 Å². The third-order valence-electron chi connectivity index (χ3n) is 3.79. The third kappa shape index (κ3) is 7.77. The average Bonchev–Trinajstić information content (AvgIpc) is 2.65. The maximum Gasteiger partial charge on any atom is 0.264 e. The molecule has 2 aromatic rings. The summed E-state index contributed by atoms with van der Waals surface area (Å²) in [6, 6.07) is 11.3. The number of aliphatic imine (C=N–C) groups is 1. The van der Waals surface area contributed by atoms with Crippen LogP contribution in [0.25, 0.3) is 0 Å². The summed E-state index contributed by atoms with van der Waals surface area (Å²) < 4.78 is 39.1. The second-order valence-electron chi connectivity index (χ2n) is 6.23. The van der Waals surface area contributed by atoms with Crippen molar-refractivity contribution in [2.75, 3.05) is 25.1 Å². The lowest BCUT2D eigenvalue weighted by Gasteiger charge is -2.17. The number of ether oxygens (including phenoxy) is 2. The van der Waals surface area contributed by atoms with Gasteiger partial charge < -0.3 is 14.8 Å². The van der Waals surface area contributed by atoms with Gasteiger partial charge in [0.2, 0.25) is 5.96 Å². The minimum Gasteiger partial charge on any atom is -0.351 e. The van der Waals surface area contributed by atoms with Crippen molar-refractivity contribution in [3.8, 4) is 0 Å². The zero-order valence-electron chi connectivity index (χ0n) is 17.0. The van der Waals surface area contributed by atoms with E-state index in [1.165, 1.54) is 12.1 Å². The Kier molecular flexibility index (Phi) is 9.38. The number of benzene rings is 2. The number of guanidine groups is 1. The molecule has 0 saturated carbocycles. The van der Waals surface area contributed by atoms with Gasteiger partial charge in [0.1, 0.15) is 0 Å². The van der Waals surface area contributed by atoms with E-state index >= 15 is 0 Å². The number of anilines is 1. The Hall–Kier alpha value is -1.84. The van der Waals surface area contributed by atoms with Crippen LogP contribution < -0.4 is 10.0 Å². The van der Waals surface area contributed by atoms with Crippen LogP contribution in [0.4, 0.5) is 5.69 Å². The Labute approximate surface area is 187 Å². The molecule has 0 aliphatic carbocycles. The lowest BCUT2D eigenvalue weighted by atomic mass is 10.2. The molecular weight excluding hydrogens is 449 g/mol. The molecule has 0 unspecified atom stereocenters. The SMILES string of the molecule is CCOC(CN=C(Nc1cc(Cl)cc(Cl)c1)NS(=O)(=O)c1ccc(C)cc1)OCC. The van der Waals surface area contributed by atoms with Crippen LogP contribution >= 0.6 is 23.2 Å². The molecule has 0 bridgehead atoms. The second-order valence-corrected chi connectivity index (χ2v) is 8.79. The maximum absolute atomic E-state index is 12.8. The number of hydrogen-bond acceptors (Lipinski definition) is 5. The molecule has 0 spiro atoms. The molecular formula is C20H25Cl2N3O4S. The summed E-state index contributed by atoms with van der Waals surface area (Å²) in [5.74, 6) is -0.0154. The highest BCUT2D eigenvalue weighted by Gasteiger charge is 2.18. The van der Waals surface area contributed by atoms with Gasteiger partial charge in [0.25, 0.3) is 10.0 Å². The first-order valence-corrected chi connectivity index (χ1v) is 11.6. The van der Waals surface area contributed by atoms with Gasteiger partial charge in [0, 0.05) is 28.9 Å². The molecule has 7 nitrogen and oxygen atoms in total. The molecule has 30 heavy (non-hydrogen) atoms. The Morgan fingerprint density at radius 3 is 2.13 bits per heavy atom. The number of rotatable bonds is 9. The topological polar surface area (TPSA) is 89.0 Å². The van der Waals surface area contributed by atoms with Crippen molar-refractivity contribution in [1.82, 2.24) is 4.72 Å². The molecule has 2 aromatic carbocycles. The van der Waals surface area contributed by atoms with Gasteiger partial charge in [-0.2, -0.15) is 0 Å². The van der Waals surface area contributed by atoms with Gasteiger partial charge in [-0.25, -0.2) is 18.1 Å². The number of aryl methyl sites for hydroxylation is 1. The summed E-state index contributed by atoms with van der Waals surface area (Å²) >= 11 is 12.1. The summed E-state index contributed by atoms with van der Waals surface area (Å²) in [7, 11) is -3.88. The van der Waals surface area contributed by atoms with E-state index in [2.05, 4.69) is 15.0 Å². The van der Waals surface area contributed by atoms with Crippen LogP contribution in [-0.4, -0.2) is 40.4 Å². The highest BCUT2D eigenvalue weighted by molar-refractivity contribution is 7.90. The highest BCUT2D eigenvalue weighted by atomic mass is 35.5. The van der Waals surface area contributed by atoms with E-state index < -0.39 is 16.3 Å². The summed E-state index contributed by atoms with van der Waals surface area (Å²) in [4.78, 5) is 4.43. The molecule has 0 saturated heterocycles. The molecule has 0 fully saturated rings. The van der Waals surface area contributed by atoms with Crippen LogP contribution in [-0.2, 0) is 19.5 Å². The van der Waals surface area contributed by atoms with Gasteiger partial charge in [-0.3, -0.25) is 0 Å². The average molecular weight is 474 g/mol. The van der Waals surface area contributed by atoms with E-state index in [1.807, 2.05) is 20.8 Å². The summed E-state index contributed by atoms with van der Waals surface area (Å²) in [5, 5.41) is 3.71. The van der Waals surface area contributed by atoms with Gasteiger partial charge >= 0.3 is 0 Å². The van der Waals surface area contributed by atoms with Crippen LogP contribution in [0.2, 0.25) is 10.0 Å². The van der Waals surface area contributed by atoms with E-state index in [-0.39, 0.29) is 17.4 Å². The Morgan fingerprint density at radius 1 is 1.03 bits per heavy atom. The summed E-state index contributed by atoms with van der Waals surface area (Å²) in [6.45, 7) is 6.49. The number of nitrogens with one attached hydrogen (secondary N) is 2. The fourth-order valence-electron chi connectivity index (χ4n) is 2.45. The summed E-state index contributed by atoms with van der Waals surface area (Å²) in [5.41, 5.74) is 1.42. The van der Waals surface area contributed by atoms with E-state index in [0.29, 0.717) is 28.9 Å². The first-order valence-electron chi connectivity index (χ1n) is 9.33. The van der Waals surface area contributed by atoms with Crippen molar-refractivity contribution < 1.29 is 17.9 Å². The lowest BCUT2D eigenvalue weighted by Crippen LogP contribution is -2.37. The molecule has 0 aromatic heterocycles. The minimum absolute atomic E-state index is 0.0154. The van der Waals surface area contributed by atoms with Gasteiger partial charge in [0.15, 0.2) is 6.29 Å². The molecule has 164 valence electrons. The van der Waals surface area contributed by atoms with Crippen LogP contribution in [0.3, 0.4) is 0 Å². The normalized spacial score (nSPS) is 12.3. The van der Waals surface area contributed by atoms with Crippen LogP contribution in [0.15, 0.2) is 52.4 Å². The third-order valence-corrected chi connectivity index (χ3v) is 5.58. The molecule has 2 rings (SSSR count). The number of nitrogens with zero attached hydrogens (tertiary/aromatic N) is 1. The van der Waals surface area contributed by atoms with Crippen molar-refractivity contribution in [3.63, 3.8) is 0 Å². The zero-order chi connectivity index (χ0) is 22.1. The van der Waals surface area contributed by atoms with E-state index in [4.69, 9.17) is 32.7 Å². The minimum atomic E-state index is -3.88. The first-order chi connectivity index (χ1) is 14.2. The predicted molar refractivity (Wildman–Crippen MR) is 121 cm³/mol. The predicted octanol–water partition coefficient (Wildman–Crippen LogP) is 4.45. The fraction of sp³-hybridized carbons (Fsp3) is 0.350. The van der Waals surface area contributed by atoms with E-state index in [0.717, 1.165) is 5.56 Å². The van der Waals surface area contributed by atoms with Gasteiger partial charge in [0.05, 0.1) is 11.4 Å². The van der Waals surface area contributed by atoms with Gasteiger partial charge in [-0.15, -0.1) is 0 Å². The zero-order valence-corrected chi connectivity index (χ0v) is 19.3. The molecule has 0 aliphatic heterocycles. The van der Waals surface area contributed by atoms with Crippen LogP contribution in [0.5, 0.6) is 0 Å². The molecule has 0 heterocycles. The fourth-order valence-corrected chi connectivity index (χ4v) is 3.96. The molecule has 0 atom stereocenters. The van der Waals surface area contributed by atoms with Crippen molar-refractivity contribution in [1.29, 1.82) is 0 Å². The van der Waals surface area contributed by atoms with E-state index in [1.54, 1.807) is 30.3 Å². The van der Waals surface area contributed by atoms with Crippen molar-refractivity contribution >= 4 is 44.9 Å². The molecule has 0 radical (unpaired) electrons. The van der Waals surface area contributed by atoms with Crippen molar-refractivity contribution in [3.05, 3.63) is 58.1 Å². The smallest absolute Gasteiger partial charge is 0.264 e. The monoisotopic (exact) mass is 473 g/mol. The molecule has 10 heteroatoms. The van der Waals surface area contributed by atoms with Gasteiger partial charge in [-0.1, -0.05) is 40.9 Å². The highest BCUT2D eigenvalue weighted by Crippen LogP contribution is 2.22. The second kappa shape index (κ2) is 11.5. The summed E-state index contributed by atoms with van der Waals surface area (Å²) in [6.07, 6.45) is -0.608. The number of halogens is 2. The molecule has 0 amide bonds. The Bertz CT molecular complexity index is 940. The van der Waals surface area contributed by atoms with Crippen LogP contribution in [0, 0.1) is 6.92 Å². The maximum atomic E-state index is 12.8. The van der Waals surface area contributed by atoms with Crippen molar-refractivity contribution in [2.24, 2.45) is 4.99 Å². The van der Waals surface area contributed by atoms with Crippen molar-refractivity contribution in [2.45, 2.75) is 32.0 Å². The molecule has 2 N–H and O–H groups in total. The standard InChI is InChI=1S/C20H25Cl2N3O4S/c1-4-28-19(29-5-2)13-23-20(24-17-11-15(21)10-16(22)12-17)25-30(26,27)18-8-6-14(3)7-9-18/h6-12,19H,4-5,13H2,1-3H3,(H2,23,24,25). The molecule has 0 aliphatic rings. The van der Waals surface area contributed by atoms with Crippen LogP contribution in [0.1, 0.15) is 19.4 Å². The largest absolute Gasteiger partial charge is 0.351 e. The number of sulfonamides is 1. The Balaban J connectivity index is 2.31. The van der Waals surface area contributed by atoms with Gasteiger partial charge in [-0.05, 0) is 51.1 Å². The lowest BCUT2D eigenvalue weighted by molar-refractivity contribution is -0.128. The number of hydrogen-bond donors (Lipinski definition) is 2.